The molecular formula is C15H19N3O3. The molecule has 1 aromatic rings. The Morgan fingerprint density at radius 2 is 2.14 bits per heavy atom. The Kier molecular flexibility index (Phi) is 4.26. The molecule has 1 unspecified atom stereocenters. The molecular weight excluding hydrogens is 270 g/mol. The van der Waals surface area contributed by atoms with E-state index in [1.165, 1.54) is 11.9 Å². The number of likely N-dealkylation sites (N-methyl/N-ethyl adjacent to an activating group) is 1. The zero-order valence-electron chi connectivity index (χ0n) is 12.2. The van der Waals surface area contributed by atoms with Crippen molar-refractivity contribution < 1.29 is 14.4 Å². The second-order valence-corrected chi connectivity index (χ2v) is 5.27. The Morgan fingerprint density at radius 1 is 1.43 bits per heavy atom. The van der Waals surface area contributed by atoms with Gasteiger partial charge in [-0.3, -0.25) is 19.3 Å². The van der Waals surface area contributed by atoms with Gasteiger partial charge in [-0.2, -0.15) is 0 Å². The van der Waals surface area contributed by atoms with Crippen molar-refractivity contribution in [1.82, 2.24) is 9.80 Å². The number of likely N-dealkylation sites (tertiary alicyclic amines) is 1. The number of nitrogens with zero attached hydrogens (tertiary/aromatic N) is 2. The summed E-state index contributed by atoms with van der Waals surface area (Å²) >= 11 is 0. The van der Waals surface area contributed by atoms with Crippen LogP contribution in [0.15, 0.2) is 18.2 Å². The van der Waals surface area contributed by atoms with Gasteiger partial charge in [0.25, 0.3) is 5.91 Å². The lowest BCUT2D eigenvalue weighted by atomic mass is 10.0. The maximum Gasteiger partial charge on any atom is 0.251 e. The number of hydrogen-bond acceptors (Lipinski definition) is 4. The average Bonchev–Trinajstić information content (AvgIpc) is 2.46. The third-order valence-electron chi connectivity index (χ3n) is 3.94. The molecule has 0 spiro atoms. The second kappa shape index (κ2) is 5.95. The monoisotopic (exact) mass is 289 g/mol. The van der Waals surface area contributed by atoms with Gasteiger partial charge < -0.3 is 10.6 Å². The highest BCUT2D eigenvalue weighted by Crippen LogP contribution is 2.22. The number of carbonyl (C=O) groups is 3. The fourth-order valence-corrected chi connectivity index (χ4v) is 2.55. The van der Waals surface area contributed by atoms with Crippen LogP contribution in [0.4, 0.5) is 5.69 Å². The van der Waals surface area contributed by atoms with E-state index in [0.29, 0.717) is 18.5 Å². The van der Waals surface area contributed by atoms with Crippen molar-refractivity contribution in [2.75, 3.05) is 12.8 Å². The largest absolute Gasteiger partial charge is 0.398 e. The Balaban J connectivity index is 2.23. The molecule has 6 nitrogen and oxygen atoms in total. The van der Waals surface area contributed by atoms with Crippen LogP contribution in [-0.2, 0) is 20.9 Å². The van der Waals surface area contributed by atoms with E-state index in [9.17, 15) is 14.4 Å². The predicted octanol–water partition coefficient (Wildman–Crippen LogP) is 0.683. The van der Waals surface area contributed by atoms with E-state index in [-0.39, 0.29) is 24.8 Å². The van der Waals surface area contributed by atoms with Crippen LogP contribution in [0, 0.1) is 6.92 Å². The molecule has 1 saturated heterocycles. The summed E-state index contributed by atoms with van der Waals surface area (Å²) in [5.41, 5.74) is 8.34. The van der Waals surface area contributed by atoms with E-state index in [4.69, 9.17) is 5.73 Å². The van der Waals surface area contributed by atoms with Crippen LogP contribution in [0.3, 0.4) is 0 Å². The molecule has 1 aliphatic heterocycles. The van der Waals surface area contributed by atoms with Crippen LogP contribution in [0.5, 0.6) is 0 Å². The molecule has 0 aromatic heterocycles. The number of carbonyl (C=O) groups excluding carboxylic acids is 3. The Hall–Kier alpha value is -2.37. The number of nitrogens with two attached hydrogens (primary N) is 1. The zero-order valence-corrected chi connectivity index (χ0v) is 12.2. The van der Waals surface area contributed by atoms with Gasteiger partial charge >= 0.3 is 0 Å². The molecule has 3 amide bonds. The molecule has 21 heavy (non-hydrogen) atoms. The van der Waals surface area contributed by atoms with Gasteiger partial charge in [-0.1, -0.05) is 12.1 Å². The molecule has 1 aliphatic rings. The number of anilines is 1. The molecule has 0 bridgehead atoms. The maximum absolute atomic E-state index is 12.2. The van der Waals surface area contributed by atoms with Crippen molar-refractivity contribution in [1.29, 1.82) is 0 Å². The second-order valence-electron chi connectivity index (χ2n) is 5.27. The normalized spacial score (nSPS) is 18.8. The van der Waals surface area contributed by atoms with E-state index in [1.807, 2.05) is 19.1 Å². The first-order valence-electron chi connectivity index (χ1n) is 6.81. The molecule has 1 fully saturated rings. The number of amides is 3. The highest BCUT2D eigenvalue weighted by Gasteiger charge is 2.35. The minimum atomic E-state index is -0.607. The van der Waals surface area contributed by atoms with E-state index in [2.05, 4.69) is 0 Å². The summed E-state index contributed by atoms with van der Waals surface area (Å²) in [4.78, 5) is 37.6. The van der Waals surface area contributed by atoms with E-state index >= 15 is 0 Å². The lowest BCUT2D eigenvalue weighted by Crippen LogP contribution is -2.52. The van der Waals surface area contributed by atoms with Gasteiger partial charge in [0, 0.05) is 25.7 Å². The van der Waals surface area contributed by atoms with Crippen molar-refractivity contribution in [3.63, 3.8) is 0 Å². The Bertz CT molecular complexity index is 565. The van der Waals surface area contributed by atoms with Crippen LogP contribution in [-0.4, -0.2) is 41.1 Å². The minimum absolute atomic E-state index is 0.211. The molecule has 1 heterocycles. The zero-order chi connectivity index (χ0) is 15.6. The van der Waals surface area contributed by atoms with Gasteiger partial charge in [-0.05, 0) is 30.5 Å². The predicted molar refractivity (Wildman–Crippen MR) is 78.0 cm³/mol. The minimum Gasteiger partial charge on any atom is -0.398 e. The molecule has 1 atom stereocenters. The molecule has 1 aromatic carbocycles. The van der Waals surface area contributed by atoms with Crippen LogP contribution in [0.1, 0.15) is 24.0 Å². The number of benzene rings is 1. The van der Waals surface area contributed by atoms with Gasteiger partial charge in [0.1, 0.15) is 6.04 Å². The summed E-state index contributed by atoms with van der Waals surface area (Å²) < 4.78 is 0. The summed E-state index contributed by atoms with van der Waals surface area (Å²) in [5, 5.41) is 0. The van der Waals surface area contributed by atoms with Gasteiger partial charge in [0.05, 0.1) is 0 Å². The summed E-state index contributed by atoms with van der Waals surface area (Å²) in [6.45, 7) is 2.17. The molecule has 2 rings (SSSR count). The van der Waals surface area contributed by atoms with Crippen LogP contribution < -0.4 is 5.73 Å². The van der Waals surface area contributed by atoms with Crippen LogP contribution >= 0.6 is 0 Å². The molecule has 0 aliphatic carbocycles. The summed E-state index contributed by atoms with van der Waals surface area (Å²) in [5.74, 6) is -0.553. The third-order valence-corrected chi connectivity index (χ3v) is 3.94. The maximum atomic E-state index is 12.2. The van der Waals surface area contributed by atoms with Crippen molar-refractivity contribution in [3.05, 3.63) is 29.3 Å². The first kappa shape index (κ1) is 15.0. The van der Waals surface area contributed by atoms with Crippen LogP contribution in [0.25, 0.3) is 0 Å². The first-order chi connectivity index (χ1) is 9.95. The first-order valence-corrected chi connectivity index (χ1v) is 6.81. The quantitative estimate of drug-likeness (QED) is 0.502. The van der Waals surface area contributed by atoms with E-state index in [0.717, 1.165) is 16.0 Å². The van der Waals surface area contributed by atoms with Crippen molar-refractivity contribution in [2.45, 2.75) is 32.4 Å². The van der Waals surface area contributed by atoms with Gasteiger partial charge in [0.15, 0.2) is 0 Å². The molecule has 112 valence electrons. The summed E-state index contributed by atoms with van der Waals surface area (Å²) in [7, 11) is 1.45. The summed E-state index contributed by atoms with van der Waals surface area (Å²) in [6, 6.07) is 4.91. The number of rotatable bonds is 4. The fourth-order valence-electron chi connectivity index (χ4n) is 2.55. The smallest absolute Gasteiger partial charge is 0.251 e. The molecule has 0 radical (unpaired) electrons. The number of nitrogen functional groups attached to an aromatic ring is 1. The van der Waals surface area contributed by atoms with Crippen LogP contribution in [0.2, 0.25) is 0 Å². The topological polar surface area (TPSA) is 83.7 Å². The van der Waals surface area contributed by atoms with Gasteiger partial charge in [0.2, 0.25) is 12.3 Å². The lowest BCUT2D eigenvalue weighted by Gasteiger charge is -2.34. The number of hydrogen-bond donors (Lipinski definition) is 1. The lowest BCUT2D eigenvalue weighted by molar-refractivity contribution is -0.153. The standard InChI is InChI=1S/C15H19N3O3/c1-10-4-3-5-12(16)11(10)8-18(9-19)13-6-7-14(20)17(2)15(13)21/h3-5,9,13H,6-8,16H2,1-2H3. The highest BCUT2D eigenvalue weighted by atomic mass is 16.2. The SMILES string of the molecule is Cc1cccc(N)c1CN(C=O)C1CCC(=O)N(C)C1=O. The fraction of sp³-hybridized carbons (Fsp3) is 0.400. The highest BCUT2D eigenvalue weighted by molar-refractivity contribution is 6.00. The molecule has 2 N–H and O–H groups in total. The van der Waals surface area contributed by atoms with Gasteiger partial charge in [-0.25, -0.2) is 0 Å². The number of piperidine rings is 1. The number of aryl methyl sites for hydroxylation is 1. The average molecular weight is 289 g/mol. The Morgan fingerprint density at radius 3 is 2.76 bits per heavy atom. The third kappa shape index (κ3) is 2.89. The van der Waals surface area contributed by atoms with Gasteiger partial charge in [-0.15, -0.1) is 0 Å². The van der Waals surface area contributed by atoms with Crippen molar-refractivity contribution in [3.8, 4) is 0 Å². The molecule has 6 heteroatoms. The number of imide groups is 1. The molecule has 0 saturated carbocycles. The summed E-state index contributed by atoms with van der Waals surface area (Å²) in [6.07, 6.45) is 1.27. The van der Waals surface area contributed by atoms with Crippen molar-refractivity contribution >= 4 is 23.9 Å². The van der Waals surface area contributed by atoms with E-state index in [1.54, 1.807) is 6.07 Å². The van der Waals surface area contributed by atoms with Crippen molar-refractivity contribution in [2.24, 2.45) is 0 Å². The Labute approximate surface area is 123 Å². The van der Waals surface area contributed by atoms with E-state index < -0.39 is 6.04 Å².